The lowest BCUT2D eigenvalue weighted by Crippen LogP contribution is -2.26. The number of para-hydroxylation sites is 2. The second-order valence-corrected chi connectivity index (χ2v) is 8.11. The van der Waals surface area contributed by atoms with Gasteiger partial charge in [0.05, 0.1) is 11.0 Å². The van der Waals surface area contributed by atoms with Gasteiger partial charge in [-0.05, 0) is 57.2 Å². The van der Waals surface area contributed by atoms with E-state index in [-0.39, 0.29) is 23.3 Å². The minimum Gasteiger partial charge on any atom is -0.326 e. The second-order valence-electron chi connectivity index (χ2n) is 8.11. The van der Waals surface area contributed by atoms with Crippen LogP contribution in [0.2, 0.25) is 0 Å². The number of amides is 2. The third kappa shape index (κ3) is 4.06. The number of carbonyl (C=O) groups is 2. The number of fused-ring (bicyclic) bond motifs is 1. The molecule has 0 unspecified atom stereocenters. The highest BCUT2D eigenvalue weighted by Crippen LogP contribution is 2.28. The number of benzene rings is 2. The monoisotopic (exact) mass is 378 g/mol. The highest BCUT2D eigenvalue weighted by atomic mass is 16.2. The molecule has 28 heavy (non-hydrogen) atoms. The molecule has 2 amide bonds. The Kier molecular flexibility index (Phi) is 5.23. The van der Waals surface area contributed by atoms with Gasteiger partial charge in [0, 0.05) is 22.7 Å². The van der Waals surface area contributed by atoms with Crippen LogP contribution in [0.4, 0.5) is 11.6 Å². The van der Waals surface area contributed by atoms with Crippen LogP contribution in [0.15, 0.2) is 48.5 Å². The summed E-state index contributed by atoms with van der Waals surface area (Å²) in [4.78, 5) is 29.1. The number of carbonyl (C=O) groups excluding carboxylic acids is 2. The van der Waals surface area contributed by atoms with Crippen molar-refractivity contribution in [1.82, 2.24) is 9.55 Å². The smallest absolute Gasteiger partial charge is 0.257 e. The molecule has 0 aliphatic rings. The highest BCUT2D eigenvalue weighted by Gasteiger charge is 2.22. The summed E-state index contributed by atoms with van der Waals surface area (Å²) in [6, 6.07) is 14.6. The molecule has 3 aromatic rings. The topological polar surface area (TPSA) is 76.0 Å². The summed E-state index contributed by atoms with van der Waals surface area (Å²) in [6.45, 7) is 9.88. The van der Waals surface area contributed by atoms with Gasteiger partial charge in [-0.15, -0.1) is 0 Å². The minimum absolute atomic E-state index is 0.0592. The van der Waals surface area contributed by atoms with Crippen molar-refractivity contribution in [3.05, 3.63) is 54.1 Å². The molecule has 6 heteroatoms. The summed E-state index contributed by atoms with van der Waals surface area (Å²) in [7, 11) is 0. The molecule has 1 aromatic heterocycles. The summed E-state index contributed by atoms with van der Waals surface area (Å²) in [6.07, 6.45) is 0. The lowest BCUT2D eigenvalue weighted by Gasteiger charge is -2.24. The average molecular weight is 378 g/mol. The van der Waals surface area contributed by atoms with Gasteiger partial charge in [-0.1, -0.05) is 26.0 Å². The van der Waals surface area contributed by atoms with Gasteiger partial charge in [-0.3, -0.25) is 14.9 Å². The van der Waals surface area contributed by atoms with E-state index in [0.717, 1.165) is 11.0 Å². The van der Waals surface area contributed by atoms with Gasteiger partial charge in [0.25, 0.3) is 5.91 Å². The number of imidazole rings is 1. The molecule has 0 atom stereocenters. The molecule has 0 saturated heterocycles. The molecule has 2 aromatic carbocycles. The molecule has 2 N–H and O–H groups in total. The van der Waals surface area contributed by atoms with Crippen molar-refractivity contribution in [1.29, 1.82) is 0 Å². The molecule has 1 heterocycles. The maximum Gasteiger partial charge on any atom is 0.257 e. The third-order valence-corrected chi connectivity index (χ3v) is 4.40. The number of anilines is 2. The summed E-state index contributed by atoms with van der Waals surface area (Å²) < 4.78 is 2.03. The predicted molar refractivity (Wildman–Crippen MR) is 113 cm³/mol. The maximum absolute atomic E-state index is 12.8. The lowest BCUT2D eigenvalue weighted by molar-refractivity contribution is -0.118. The van der Waals surface area contributed by atoms with E-state index >= 15 is 0 Å². The molecule has 0 radical (unpaired) electrons. The van der Waals surface area contributed by atoms with Gasteiger partial charge in [0.2, 0.25) is 11.9 Å². The maximum atomic E-state index is 12.8. The number of rotatable bonds is 4. The van der Waals surface area contributed by atoms with Crippen LogP contribution < -0.4 is 10.6 Å². The van der Waals surface area contributed by atoms with Crippen LogP contribution in [-0.2, 0) is 10.3 Å². The summed E-state index contributed by atoms with van der Waals surface area (Å²) in [5, 5.41) is 5.74. The van der Waals surface area contributed by atoms with Crippen molar-refractivity contribution in [2.45, 2.75) is 40.2 Å². The van der Waals surface area contributed by atoms with Gasteiger partial charge >= 0.3 is 0 Å². The van der Waals surface area contributed by atoms with Crippen LogP contribution in [0.5, 0.6) is 0 Å². The van der Waals surface area contributed by atoms with Gasteiger partial charge in [-0.25, -0.2) is 4.98 Å². The SMILES string of the molecule is CC(C)C(=O)Nc1ccc(C(=O)Nc2nc3ccccc3n2C(C)(C)C)cc1. The quantitative estimate of drug-likeness (QED) is 0.694. The predicted octanol–water partition coefficient (Wildman–Crippen LogP) is 4.64. The molecule has 6 nitrogen and oxygen atoms in total. The van der Waals surface area contributed by atoms with Crippen molar-refractivity contribution in [2.75, 3.05) is 10.6 Å². The number of hydrogen-bond donors (Lipinski definition) is 2. The first-order chi connectivity index (χ1) is 13.2. The van der Waals surface area contributed by atoms with Crippen LogP contribution in [0.1, 0.15) is 45.0 Å². The van der Waals surface area contributed by atoms with Crippen LogP contribution >= 0.6 is 0 Å². The number of aromatic nitrogens is 2. The van der Waals surface area contributed by atoms with Crippen molar-refractivity contribution in [3.8, 4) is 0 Å². The molecule has 0 bridgehead atoms. The lowest BCUT2D eigenvalue weighted by atomic mass is 10.1. The Hall–Kier alpha value is -3.15. The fourth-order valence-corrected chi connectivity index (χ4v) is 2.95. The first-order valence-corrected chi connectivity index (χ1v) is 9.37. The van der Waals surface area contributed by atoms with E-state index in [1.165, 1.54) is 0 Å². The van der Waals surface area contributed by atoms with Crippen molar-refractivity contribution >= 4 is 34.5 Å². The van der Waals surface area contributed by atoms with E-state index < -0.39 is 0 Å². The zero-order valence-corrected chi connectivity index (χ0v) is 16.9. The molecule has 146 valence electrons. The normalized spacial score (nSPS) is 11.6. The van der Waals surface area contributed by atoms with E-state index in [1.54, 1.807) is 24.3 Å². The Bertz CT molecular complexity index is 1010. The fraction of sp³-hybridized carbons (Fsp3) is 0.318. The zero-order valence-electron chi connectivity index (χ0n) is 16.9. The number of nitrogens with one attached hydrogen (secondary N) is 2. The van der Waals surface area contributed by atoms with Crippen LogP contribution in [0, 0.1) is 5.92 Å². The minimum atomic E-state index is -0.248. The van der Waals surface area contributed by atoms with Gasteiger partial charge in [0.1, 0.15) is 0 Å². The number of hydrogen-bond acceptors (Lipinski definition) is 3. The Labute approximate surface area is 165 Å². The molecule has 0 fully saturated rings. The first-order valence-electron chi connectivity index (χ1n) is 9.37. The molecule has 0 aliphatic heterocycles. The van der Waals surface area contributed by atoms with Crippen molar-refractivity contribution < 1.29 is 9.59 Å². The standard InChI is InChI=1S/C22H26N4O2/c1-14(2)19(27)23-16-12-10-15(11-13-16)20(28)25-21-24-17-8-6-7-9-18(17)26(21)22(3,4)5/h6-14H,1-5H3,(H,23,27)(H,24,25,28). The molecular weight excluding hydrogens is 352 g/mol. The first kappa shape index (κ1) is 19.6. The summed E-state index contributed by atoms with van der Waals surface area (Å²) in [5.41, 5.74) is 2.72. The van der Waals surface area contributed by atoms with Crippen molar-refractivity contribution in [2.24, 2.45) is 5.92 Å². The largest absolute Gasteiger partial charge is 0.326 e. The van der Waals surface area contributed by atoms with Crippen LogP contribution in [0.3, 0.4) is 0 Å². The molecule has 0 aliphatic carbocycles. The second kappa shape index (κ2) is 7.46. The average Bonchev–Trinajstić information content (AvgIpc) is 3.00. The summed E-state index contributed by atoms with van der Waals surface area (Å²) >= 11 is 0. The Morgan fingerprint density at radius 1 is 0.964 bits per heavy atom. The Balaban J connectivity index is 1.84. The van der Waals surface area contributed by atoms with E-state index in [0.29, 0.717) is 17.2 Å². The van der Waals surface area contributed by atoms with E-state index in [9.17, 15) is 9.59 Å². The third-order valence-electron chi connectivity index (χ3n) is 4.40. The van der Waals surface area contributed by atoms with Crippen LogP contribution in [-0.4, -0.2) is 21.4 Å². The zero-order chi connectivity index (χ0) is 20.5. The van der Waals surface area contributed by atoms with Gasteiger partial charge in [0.15, 0.2) is 0 Å². The van der Waals surface area contributed by atoms with Crippen LogP contribution in [0.25, 0.3) is 11.0 Å². The summed E-state index contributed by atoms with van der Waals surface area (Å²) in [5.74, 6) is 0.0999. The van der Waals surface area contributed by atoms with E-state index in [1.807, 2.05) is 42.7 Å². The van der Waals surface area contributed by atoms with Gasteiger partial charge < -0.3 is 9.88 Å². The molecular formula is C22H26N4O2. The van der Waals surface area contributed by atoms with Crippen molar-refractivity contribution in [3.63, 3.8) is 0 Å². The highest BCUT2D eigenvalue weighted by molar-refractivity contribution is 6.04. The van der Waals surface area contributed by atoms with E-state index in [4.69, 9.17) is 0 Å². The Morgan fingerprint density at radius 3 is 2.21 bits per heavy atom. The fourth-order valence-electron chi connectivity index (χ4n) is 2.95. The number of nitrogens with zero attached hydrogens (tertiary/aromatic N) is 2. The van der Waals surface area contributed by atoms with Gasteiger partial charge in [-0.2, -0.15) is 0 Å². The molecule has 0 saturated carbocycles. The van der Waals surface area contributed by atoms with E-state index in [2.05, 4.69) is 36.4 Å². The Morgan fingerprint density at radius 2 is 1.61 bits per heavy atom. The molecule has 3 rings (SSSR count). The molecule has 0 spiro atoms.